The number of aromatic nitrogens is 3. The van der Waals surface area contributed by atoms with Gasteiger partial charge < -0.3 is 20.7 Å². The van der Waals surface area contributed by atoms with Gasteiger partial charge >= 0.3 is 12.2 Å². The van der Waals surface area contributed by atoms with Crippen LogP contribution in [0.25, 0.3) is 32.2 Å². The number of anilines is 2. The molecule has 3 aliphatic heterocycles. The Labute approximate surface area is 233 Å². The highest BCUT2D eigenvalue weighted by atomic mass is 32.2. The molecule has 41 heavy (non-hydrogen) atoms. The summed E-state index contributed by atoms with van der Waals surface area (Å²) in [5, 5.41) is 3.16. The first-order chi connectivity index (χ1) is 19.4. The SMILES string of the molecule is Nc1nc2c(-c3c(C(F)(F)F)cc4c(N5CC6CCC(C5)N6)nc(OC5CS(=O)(=O)C5)nc4c3F)ccc(F)c2s1. The predicted molar refractivity (Wildman–Crippen MR) is 143 cm³/mol. The van der Waals surface area contributed by atoms with Crippen LogP contribution in [0.15, 0.2) is 18.2 Å². The van der Waals surface area contributed by atoms with E-state index in [1.807, 2.05) is 0 Å². The van der Waals surface area contributed by atoms with Crippen molar-refractivity contribution in [3.63, 3.8) is 0 Å². The Morgan fingerprint density at radius 2 is 1.76 bits per heavy atom. The summed E-state index contributed by atoms with van der Waals surface area (Å²) in [4.78, 5) is 14.3. The lowest BCUT2D eigenvalue weighted by atomic mass is 9.95. The molecule has 0 aliphatic carbocycles. The number of fused-ring (bicyclic) bond motifs is 4. The number of rotatable bonds is 4. The molecule has 216 valence electrons. The highest BCUT2D eigenvalue weighted by Gasteiger charge is 2.40. The lowest BCUT2D eigenvalue weighted by Gasteiger charge is -2.34. The zero-order valence-electron chi connectivity index (χ0n) is 21.0. The van der Waals surface area contributed by atoms with Crippen LogP contribution in [0.3, 0.4) is 0 Å². The Balaban J connectivity index is 1.48. The monoisotopic (exact) mass is 612 g/mol. The molecule has 0 amide bonds. The van der Waals surface area contributed by atoms with Crippen LogP contribution in [0.1, 0.15) is 18.4 Å². The highest BCUT2D eigenvalue weighted by molar-refractivity contribution is 7.92. The second-order valence-corrected chi connectivity index (χ2v) is 13.7. The van der Waals surface area contributed by atoms with E-state index >= 15 is 4.39 Å². The molecular weight excluding hydrogens is 591 g/mol. The predicted octanol–water partition coefficient (Wildman–Crippen LogP) is 3.90. The molecule has 2 atom stereocenters. The molecule has 2 aromatic carbocycles. The number of nitrogens with two attached hydrogens (primary N) is 1. The standard InChI is InChI=1S/C25H21F5N6O3S2/c26-16-4-3-13(20-21(16)40-23(31)33-20)17-15(25(28,29)30)5-14-19(18(17)27)34-24(39-12-8-41(37,38)9-12)35-22(14)36-6-10-1-2-11(7-36)32-10/h3-5,10-12,32H,1-2,6-9H2,(H2,31,33). The first-order valence-corrected chi connectivity index (χ1v) is 15.3. The van der Waals surface area contributed by atoms with E-state index < -0.39 is 50.4 Å². The van der Waals surface area contributed by atoms with Gasteiger partial charge in [0.05, 0.1) is 27.3 Å². The van der Waals surface area contributed by atoms with Gasteiger partial charge in [0.15, 0.2) is 20.8 Å². The van der Waals surface area contributed by atoms with Gasteiger partial charge in [0.25, 0.3) is 0 Å². The minimum absolute atomic E-state index is 0.0590. The zero-order valence-corrected chi connectivity index (χ0v) is 22.6. The van der Waals surface area contributed by atoms with E-state index in [2.05, 4.69) is 20.3 Å². The normalized spacial score (nSPS) is 22.4. The average molecular weight is 613 g/mol. The van der Waals surface area contributed by atoms with E-state index in [1.54, 1.807) is 4.90 Å². The summed E-state index contributed by atoms with van der Waals surface area (Å²) >= 11 is 0.737. The van der Waals surface area contributed by atoms with E-state index in [-0.39, 0.29) is 61.7 Å². The fraction of sp³-hybridized carbons (Fsp3) is 0.400. The van der Waals surface area contributed by atoms with Gasteiger partial charge in [0.2, 0.25) is 0 Å². The summed E-state index contributed by atoms with van der Waals surface area (Å²) in [5.74, 6) is -2.56. The van der Waals surface area contributed by atoms with Crippen molar-refractivity contribution in [1.82, 2.24) is 20.3 Å². The molecule has 0 spiro atoms. The maximum Gasteiger partial charge on any atom is 0.417 e. The van der Waals surface area contributed by atoms with Crippen molar-refractivity contribution >= 4 is 53.2 Å². The van der Waals surface area contributed by atoms with Gasteiger partial charge in [0, 0.05) is 41.7 Å². The number of ether oxygens (including phenoxy) is 1. The van der Waals surface area contributed by atoms with E-state index in [4.69, 9.17) is 10.5 Å². The van der Waals surface area contributed by atoms with Gasteiger partial charge in [-0.05, 0) is 31.0 Å². The van der Waals surface area contributed by atoms with Gasteiger partial charge in [-0.3, -0.25) is 0 Å². The molecule has 7 rings (SSSR count). The van der Waals surface area contributed by atoms with Crippen molar-refractivity contribution in [3.05, 3.63) is 35.4 Å². The molecule has 2 unspecified atom stereocenters. The van der Waals surface area contributed by atoms with E-state index in [9.17, 15) is 26.0 Å². The Bertz CT molecular complexity index is 1820. The molecule has 0 saturated carbocycles. The summed E-state index contributed by atoms with van der Waals surface area (Å²) in [5.41, 5.74) is 2.62. The van der Waals surface area contributed by atoms with Crippen LogP contribution in [0.4, 0.5) is 32.9 Å². The minimum Gasteiger partial charge on any atom is -0.458 e. The van der Waals surface area contributed by atoms with E-state index in [0.717, 1.165) is 42.4 Å². The third kappa shape index (κ3) is 4.52. The number of alkyl halides is 3. The molecule has 2 bridgehead atoms. The number of benzene rings is 2. The number of thiazole rings is 1. The first-order valence-electron chi connectivity index (χ1n) is 12.7. The second kappa shape index (κ2) is 9.06. The van der Waals surface area contributed by atoms with Crippen LogP contribution in [0.2, 0.25) is 0 Å². The number of nitrogen functional groups attached to an aromatic ring is 1. The van der Waals surface area contributed by atoms with Crippen molar-refractivity contribution in [2.75, 3.05) is 35.2 Å². The fourth-order valence-corrected chi connectivity index (χ4v) is 7.81. The van der Waals surface area contributed by atoms with Crippen molar-refractivity contribution in [3.8, 4) is 17.1 Å². The summed E-state index contributed by atoms with van der Waals surface area (Å²) in [6, 6.07) is 2.58. The third-order valence-electron chi connectivity index (χ3n) is 7.65. The van der Waals surface area contributed by atoms with Crippen LogP contribution in [0, 0.1) is 11.6 Å². The van der Waals surface area contributed by atoms with Crippen molar-refractivity contribution in [1.29, 1.82) is 0 Å². The van der Waals surface area contributed by atoms with Crippen LogP contribution in [-0.4, -0.2) is 66.2 Å². The summed E-state index contributed by atoms with van der Waals surface area (Å²) < 4.78 is 104. The number of piperazine rings is 1. The maximum atomic E-state index is 16.5. The van der Waals surface area contributed by atoms with Gasteiger partial charge in [-0.15, -0.1) is 0 Å². The molecule has 5 heterocycles. The van der Waals surface area contributed by atoms with Gasteiger partial charge in [-0.25, -0.2) is 22.2 Å². The number of nitrogens with zero attached hydrogens (tertiary/aromatic N) is 4. The Kier molecular flexibility index (Phi) is 5.86. The molecule has 0 radical (unpaired) electrons. The van der Waals surface area contributed by atoms with Crippen LogP contribution < -0.4 is 20.7 Å². The molecule has 3 fully saturated rings. The topological polar surface area (TPSA) is 123 Å². The number of nitrogens with one attached hydrogen (secondary N) is 1. The van der Waals surface area contributed by atoms with Gasteiger partial charge in [-0.2, -0.15) is 23.1 Å². The lowest BCUT2D eigenvalue weighted by Crippen LogP contribution is -2.51. The quantitative estimate of drug-likeness (QED) is 0.331. The van der Waals surface area contributed by atoms with Crippen molar-refractivity contribution < 1.29 is 35.1 Å². The minimum atomic E-state index is -5.01. The van der Waals surface area contributed by atoms with E-state index in [0.29, 0.717) is 13.1 Å². The third-order valence-corrected chi connectivity index (χ3v) is 10.3. The van der Waals surface area contributed by atoms with Gasteiger partial charge in [-0.1, -0.05) is 11.3 Å². The largest absolute Gasteiger partial charge is 0.458 e. The molecule has 3 aliphatic rings. The number of halogens is 5. The smallest absolute Gasteiger partial charge is 0.417 e. The molecule has 3 N–H and O–H groups in total. The molecule has 4 aromatic rings. The van der Waals surface area contributed by atoms with Crippen molar-refractivity contribution in [2.45, 2.75) is 37.2 Å². The van der Waals surface area contributed by atoms with E-state index in [1.165, 1.54) is 0 Å². The number of hydrogen-bond donors (Lipinski definition) is 2. The summed E-state index contributed by atoms with van der Waals surface area (Å²) in [6.45, 7) is 0.836. The maximum absolute atomic E-state index is 16.5. The van der Waals surface area contributed by atoms with Crippen LogP contribution in [0.5, 0.6) is 6.01 Å². The van der Waals surface area contributed by atoms with Crippen LogP contribution >= 0.6 is 11.3 Å². The lowest BCUT2D eigenvalue weighted by molar-refractivity contribution is -0.137. The van der Waals surface area contributed by atoms with Crippen LogP contribution in [-0.2, 0) is 16.0 Å². The summed E-state index contributed by atoms with van der Waals surface area (Å²) in [6.07, 6.45) is -4.04. The molecule has 16 heteroatoms. The molecule has 2 aromatic heterocycles. The molecule has 9 nitrogen and oxygen atoms in total. The second-order valence-electron chi connectivity index (χ2n) is 10.5. The fourth-order valence-electron chi connectivity index (χ4n) is 5.87. The average Bonchev–Trinajstić information content (AvgIpc) is 3.44. The Morgan fingerprint density at radius 3 is 2.41 bits per heavy atom. The van der Waals surface area contributed by atoms with Crippen molar-refractivity contribution in [2.24, 2.45) is 0 Å². The zero-order chi connectivity index (χ0) is 28.8. The highest BCUT2D eigenvalue weighted by Crippen LogP contribution is 2.46. The number of hydrogen-bond acceptors (Lipinski definition) is 10. The number of sulfone groups is 1. The molecule has 3 saturated heterocycles. The Hall–Kier alpha value is -3.37. The Morgan fingerprint density at radius 1 is 1.05 bits per heavy atom. The summed E-state index contributed by atoms with van der Waals surface area (Å²) in [7, 11) is -3.27. The van der Waals surface area contributed by atoms with Gasteiger partial charge in [0.1, 0.15) is 23.3 Å². The molecular formula is C25H21F5N6O3S2. The first kappa shape index (κ1) is 26.5.